The lowest BCUT2D eigenvalue weighted by Crippen LogP contribution is -2.57. The molecule has 0 radical (unpaired) electrons. The molecule has 1 unspecified atom stereocenters. The van der Waals surface area contributed by atoms with Crippen LogP contribution in [0.5, 0.6) is 0 Å². The molecule has 2 aliphatic rings. The van der Waals surface area contributed by atoms with Gasteiger partial charge in [-0.15, -0.1) is 0 Å². The van der Waals surface area contributed by atoms with E-state index in [-0.39, 0.29) is 30.0 Å². The zero-order valence-electron chi connectivity index (χ0n) is 22.8. The lowest BCUT2D eigenvalue weighted by Gasteiger charge is -2.42. The maximum absolute atomic E-state index is 14.3. The van der Waals surface area contributed by atoms with Gasteiger partial charge in [-0.05, 0) is 68.7 Å². The van der Waals surface area contributed by atoms with Crippen LogP contribution in [0.2, 0.25) is 0 Å². The van der Waals surface area contributed by atoms with Crippen LogP contribution in [0.25, 0.3) is 0 Å². The van der Waals surface area contributed by atoms with Crippen LogP contribution in [0.15, 0.2) is 47.8 Å². The molecule has 1 N–H and O–H groups in total. The Morgan fingerprint density at radius 1 is 1.17 bits per heavy atom. The third-order valence-electron chi connectivity index (χ3n) is 7.28. The molecule has 2 aliphatic heterocycles. The van der Waals surface area contributed by atoms with Gasteiger partial charge in [0.2, 0.25) is 6.41 Å². The van der Waals surface area contributed by atoms with E-state index in [4.69, 9.17) is 9.47 Å². The van der Waals surface area contributed by atoms with Crippen molar-refractivity contribution in [2.75, 3.05) is 47.0 Å². The monoisotopic (exact) mass is 575 g/mol. The van der Waals surface area contributed by atoms with Crippen LogP contribution in [-0.4, -0.2) is 85.3 Å². The molecule has 0 aliphatic carbocycles. The van der Waals surface area contributed by atoms with Crippen molar-refractivity contribution in [1.29, 1.82) is 0 Å². The van der Waals surface area contributed by atoms with Crippen LogP contribution in [0.3, 0.4) is 0 Å². The van der Waals surface area contributed by atoms with Gasteiger partial charge in [0, 0.05) is 31.5 Å². The van der Waals surface area contributed by atoms with Crippen molar-refractivity contribution < 1.29 is 37.0 Å². The van der Waals surface area contributed by atoms with Crippen LogP contribution in [0, 0.1) is 17.5 Å². The van der Waals surface area contributed by atoms with E-state index in [1.807, 2.05) is 18.2 Å². The van der Waals surface area contributed by atoms with Crippen molar-refractivity contribution in [3.8, 4) is 0 Å². The molecular formula is C28H32F3N5O5. The largest absolute Gasteiger partial charge is 0.466 e. The van der Waals surface area contributed by atoms with Gasteiger partial charge >= 0.3 is 12.0 Å². The normalized spacial score (nSPS) is 18.3. The van der Waals surface area contributed by atoms with Gasteiger partial charge in [-0.25, -0.2) is 27.8 Å². The van der Waals surface area contributed by atoms with E-state index in [2.05, 4.69) is 15.2 Å². The van der Waals surface area contributed by atoms with Gasteiger partial charge in [-0.2, -0.15) is 0 Å². The average Bonchev–Trinajstić information content (AvgIpc) is 2.98. The molecule has 1 saturated heterocycles. The Labute approximate surface area is 235 Å². The Morgan fingerprint density at radius 2 is 1.88 bits per heavy atom. The van der Waals surface area contributed by atoms with E-state index in [0.717, 1.165) is 48.8 Å². The molecule has 41 heavy (non-hydrogen) atoms. The second kappa shape index (κ2) is 13.6. The summed E-state index contributed by atoms with van der Waals surface area (Å²) in [6.07, 6.45) is 4.50. The lowest BCUT2D eigenvalue weighted by molar-refractivity contribution is -0.141. The summed E-state index contributed by atoms with van der Waals surface area (Å²) in [5.41, 5.74) is 0.561. The number of nitrogens with zero attached hydrogens (tertiary/aromatic N) is 4. The number of hydrogen-bond acceptors (Lipinski definition) is 7. The summed E-state index contributed by atoms with van der Waals surface area (Å²) in [5.74, 6) is -5.30. The predicted octanol–water partition coefficient (Wildman–Crippen LogP) is 3.28. The number of nitrogens with one attached hydrogen (secondary N) is 1. The van der Waals surface area contributed by atoms with Gasteiger partial charge in [0.25, 0.3) is 0 Å². The fourth-order valence-corrected chi connectivity index (χ4v) is 5.30. The van der Waals surface area contributed by atoms with Crippen LogP contribution in [0.4, 0.5) is 18.0 Å². The number of hydrogen-bond donors (Lipinski definition) is 1. The minimum Gasteiger partial charge on any atom is -0.466 e. The maximum atomic E-state index is 14.3. The number of amides is 3. The van der Waals surface area contributed by atoms with Gasteiger partial charge in [-0.3, -0.25) is 14.8 Å². The minimum absolute atomic E-state index is 0.0163. The van der Waals surface area contributed by atoms with Gasteiger partial charge in [0.1, 0.15) is 6.04 Å². The average molecular weight is 576 g/mol. The number of carbonyl (C=O) groups is 3. The molecule has 1 aromatic carbocycles. The first-order valence-corrected chi connectivity index (χ1v) is 13.2. The highest BCUT2D eigenvalue weighted by atomic mass is 19.2. The highest BCUT2D eigenvalue weighted by Gasteiger charge is 2.43. The molecule has 10 nitrogen and oxygen atoms in total. The van der Waals surface area contributed by atoms with Gasteiger partial charge in [0.15, 0.2) is 17.5 Å². The number of esters is 1. The number of likely N-dealkylation sites (tertiary alicyclic amines) is 1. The molecule has 2 aromatic rings. The number of methoxy groups -OCH3 is 2. The molecule has 3 amide bonds. The summed E-state index contributed by atoms with van der Waals surface area (Å²) in [6, 6.07) is 4.88. The zero-order chi connectivity index (χ0) is 29.5. The van der Waals surface area contributed by atoms with Crippen molar-refractivity contribution in [3.63, 3.8) is 0 Å². The molecule has 1 aromatic heterocycles. The SMILES string of the molecule is COCC1=C(C(=O)OC)C(c2cc(F)c(F)c(F)c2)N(N(C=O)CCCN2CCC(c3ccccn3)CC2)C(=O)N1. The molecule has 0 bridgehead atoms. The van der Waals surface area contributed by atoms with Crippen LogP contribution in [-0.2, 0) is 19.1 Å². The lowest BCUT2D eigenvalue weighted by atomic mass is 9.93. The van der Waals surface area contributed by atoms with Crippen molar-refractivity contribution >= 4 is 18.4 Å². The van der Waals surface area contributed by atoms with Gasteiger partial charge < -0.3 is 19.7 Å². The molecule has 0 saturated carbocycles. The van der Waals surface area contributed by atoms with E-state index in [9.17, 15) is 27.6 Å². The second-order valence-corrected chi connectivity index (χ2v) is 9.79. The van der Waals surface area contributed by atoms with Crippen molar-refractivity contribution in [2.45, 2.75) is 31.2 Å². The summed E-state index contributed by atoms with van der Waals surface area (Å²) in [7, 11) is 2.42. The predicted molar refractivity (Wildman–Crippen MR) is 140 cm³/mol. The number of piperidine rings is 1. The Balaban J connectivity index is 1.54. The standard InChI is InChI=1S/C28H32F3N5O5/c1-40-16-23-24(27(38)41-2)26(19-14-20(29)25(31)21(30)15-19)36(28(39)33-23)35(17-37)11-5-10-34-12-7-18(8-13-34)22-6-3-4-9-32-22/h3-4,6,9,14-15,17-18,26H,5,7-8,10-13,16H2,1-2H3,(H,33,39). The Bertz CT molecular complexity index is 1260. The molecule has 1 atom stereocenters. The van der Waals surface area contributed by atoms with E-state index in [0.29, 0.717) is 37.4 Å². The Morgan fingerprint density at radius 3 is 2.46 bits per heavy atom. The number of rotatable bonds is 11. The summed E-state index contributed by atoms with van der Waals surface area (Å²) in [4.78, 5) is 45.1. The number of urea groups is 1. The third-order valence-corrected chi connectivity index (χ3v) is 7.28. The van der Waals surface area contributed by atoms with Crippen LogP contribution in [0.1, 0.15) is 42.5 Å². The number of pyridine rings is 1. The third kappa shape index (κ3) is 6.68. The first kappa shape index (κ1) is 30.0. The number of ether oxygens (including phenoxy) is 2. The number of benzene rings is 1. The van der Waals surface area contributed by atoms with Gasteiger partial charge in [-0.1, -0.05) is 6.07 Å². The van der Waals surface area contributed by atoms with Crippen molar-refractivity contribution in [3.05, 3.63) is 76.5 Å². The topological polar surface area (TPSA) is 104 Å². The Kier molecular flexibility index (Phi) is 9.95. The number of hydrazine groups is 1. The molecule has 3 heterocycles. The minimum atomic E-state index is -1.71. The first-order chi connectivity index (χ1) is 19.8. The number of aromatic nitrogens is 1. The number of halogens is 3. The summed E-state index contributed by atoms with van der Waals surface area (Å²) < 4.78 is 52.4. The highest BCUT2D eigenvalue weighted by molar-refractivity contribution is 5.95. The van der Waals surface area contributed by atoms with E-state index < -0.39 is 35.5 Å². The molecule has 220 valence electrons. The smallest absolute Gasteiger partial charge is 0.341 e. The molecular weight excluding hydrogens is 543 g/mol. The van der Waals surface area contributed by atoms with Crippen LogP contribution < -0.4 is 5.32 Å². The van der Waals surface area contributed by atoms with E-state index >= 15 is 0 Å². The summed E-state index contributed by atoms with van der Waals surface area (Å²) >= 11 is 0. The Hall–Kier alpha value is -3.97. The van der Waals surface area contributed by atoms with Gasteiger partial charge in [0.05, 0.1) is 25.0 Å². The molecule has 1 fully saturated rings. The van der Waals surface area contributed by atoms with E-state index in [1.165, 1.54) is 7.11 Å². The highest BCUT2D eigenvalue weighted by Crippen LogP contribution is 2.36. The zero-order valence-corrected chi connectivity index (χ0v) is 22.8. The van der Waals surface area contributed by atoms with Crippen molar-refractivity contribution in [2.24, 2.45) is 0 Å². The maximum Gasteiger partial charge on any atom is 0.341 e. The molecule has 0 spiro atoms. The fraction of sp³-hybridized carbons (Fsp3) is 0.429. The number of carbonyl (C=O) groups excluding carboxylic acids is 3. The quantitative estimate of drug-likeness (QED) is 0.249. The first-order valence-electron chi connectivity index (χ1n) is 13.2. The summed E-state index contributed by atoms with van der Waals surface area (Å²) in [6.45, 7) is 2.08. The van der Waals surface area contributed by atoms with E-state index in [1.54, 1.807) is 6.20 Å². The summed E-state index contributed by atoms with van der Waals surface area (Å²) in [5, 5.41) is 4.43. The second-order valence-electron chi connectivity index (χ2n) is 9.79. The fourth-order valence-electron chi connectivity index (χ4n) is 5.30. The van der Waals surface area contributed by atoms with Crippen LogP contribution >= 0.6 is 0 Å². The molecule has 13 heteroatoms. The molecule has 4 rings (SSSR count). The van der Waals surface area contributed by atoms with Crippen molar-refractivity contribution in [1.82, 2.24) is 25.2 Å².